The van der Waals surface area contributed by atoms with Crippen LogP contribution in [0.15, 0.2) is 182 Å². The second kappa shape index (κ2) is 45.8. The van der Waals surface area contributed by atoms with Crippen molar-refractivity contribution in [1.29, 1.82) is 0 Å². The third-order valence-corrected chi connectivity index (χ3v) is 17.0. The molecule has 1 heterocycles. The van der Waals surface area contributed by atoms with Crippen LogP contribution in [-0.2, 0) is 69.0 Å². The zero-order valence-corrected chi connectivity index (χ0v) is 55.5. The van der Waals surface area contributed by atoms with Crippen LogP contribution in [0.2, 0.25) is 0 Å². The standard InChI is InChI=1S/C81H109NO11/c1-3-5-7-8-9-10-11-12-13-14-15-16-17-18-19-20-21-22-23-24-44-58-74(83)82-71(75(93-80(85)70-55-42-30-43-56-70)72(57-31-6-4-2)91-79(84)69-53-40-29-41-54-69)63-90-81-78(89-62-68-51-38-28-39-52-68)77(88-61-67-49-36-27-37-50-67)76(87-60-66-47-34-26-35-48-66)73(92-81)64-86-59-65-45-32-25-33-46-65/h25-30,32-43,45-56,71-73,75-78,81H,3-24,31,44,57-64H2,1-2H3,(H,82,83)/t71-,72+,73+,75-,76-,77-,78+,81?/m0/s1/i59D,60D,61D,62D/t59?,60?,61?,62?,71-,72+,73+,75-,76-,77-,78+,81?. The molecular formula is C81H109NO11. The van der Waals surface area contributed by atoms with Crippen molar-refractivity contribution in [2.75, 3.05) is 13.2 Å². The van der Waals surface area contributed by atoms with Gasteiger partial charge in [-0.25, -0.2) is 9.59 Å². The number of esters is 2. The van der Waals surface area contributed by atoms with Crippen molar-refractivity contribution in [3.8, 4) is 0 Å². The molecule has 0 bridgehead atoms. The van der Waals surface area contributed by atoms with Crippen molar-refractivity contribution >= 4 is 17.8 Å². The summed E-state index contributed by atoms with van der Waals surface area (Å²) in [6, 6.07) is 51.6. The molecule has 1 aliphatic rings. The Kier molecular flexibility index (Phi) is 33.4. The molecule has 0 saturated carbocycles. The molecule has 12 nitrogen and oxygen atoms in total. The van der Waals surface area contributed by atoms with Gasteiger partial charge in [0.2, 0.25) is 5.91 Å². The number of amides is 1. The van der Waals surface area contributed by atoms with Crippen molar-refractivity contribution < 1.29 is 57.8 Å². The zero-order chi connectivity index (χ0) is 68.5. The minimum absolute atomic E-state index is 0.145. The van der Waals surface area contributed by atoms with Crippen LogP contribution in [0, 0.1) is 0 Å². The predicted molar refractivity (Wildman–Crippen MR) is 370 cm³/mol. The Morgan fingerprint density at radius 1 is 0.419 bits per heavy atom. The molecule has 1 saturated heterocycles. The lowest BCUT2D eigenvalue weighted by molar-refractivity contribution is -0.329. The molecule has 93 heavy (non-hydrogen) atoms. The molecule has 0 aromatic heterocycles. The predicted octanol–water partition coefficient (Wildman–Crippen LogP) is 18.8. The van der Waals surface area contributed by atoms with E-state index in [1.165, 1.54) is 103 Å². The van der Waals surface area contributed by atoms with Gasteiger partial charge in [0.1, 0.15) is 30.5 Å². The molecule has 12 heteroatoms. The van der Waals surface area contributed by atoms with E-state index in [9.17, 15) is 18.5 Å². The fourth-order valence-corrected chi connectivity index (χ4v) is 11.7. The summed E-state index contributed by atoms with van der Waals surface area (Å²) in [5, 5.41) is 3.20. The van der Waals surface area contributed by atoms with Crippen LogP contribution in [-0.4, -0.2) is 80.0 Å². The summed E-state index contributed by atoms with van der Waals surface area (Å²) in [5.74, 6) is -1.71. The van der Waals surface area contributed by atoms with Crippen LogP contribution in [0.25, 0.3) is 0 Å². The lowest BCUT2D eigenvalue weighted by Crippen LogP contribution is -2.62. The molecular weight excluding hydrogens is 1160 g/mol. The molecule has 1 N–H and O–H groups in total. The van der Waals surface area contributed by atoms with Gasteiger partial charge in [0.15, 0.2) is 12.4 Å². The Bertz CT molecular complexity index is 3020. The van der Waals surface area contributed by atoms with Gasteiger partial charge < -0.3 is 43.2 Å². The van der Waals surface area contributed by atoms with Crippen LogP contribution in [0.1, 0.15) is 229 Å². The van der Waals surface area contributed by atoms with Gasteiger partial charge in [0.25, 0.3) is 0 Å². The first-order chi connectivity index (χ1) is 47.5. The van der Waals surface area contributed by atoms with Crippen LogP contribution >= 0.6 is 0 Å². The highest BCUT2D eigenvalue weighted by Crippen LogP contribution is 2.33. The summed E-state index contributed by atoms with van der Waals surface area (Å²) in [6.07, 6.45) is 19.3. The van der Waals surface area contributed by atoms with Crippen molar-refractivity contribution in [3.63, 3.8) is 0 Å². The number of nitrogens with one attached hydrogen (secondary N) is 1. The Hall–Kier alpha value is -6.51. The molecule has 0 spiro atoms. The summed E-state index contributed by atoms with van der Waals surface area (Å²) in [5.41, 5.74) is 2.56. The lowest BCUT2D eigenvalue weighted by Gasteiger charge is -2.46. The summed E-state index contributed by atoms with van der Waals surface area (Å²) < 4.78 is 91.6. The van der Waals surface area contributed by atoms with Gasteiger partial charge in [0, 0.05) is 6.42 Å². The minimum atomic E-state index is -1.54. The molecule has 504 valence electrons. The largest absolute Gasteiger partial charge is 0.455 e. The fourth-order valence-electron chi connectivity index (χ4n) is 11.7. The number of ether oxygens (including phenoxy) is 8. The summed E-state index contributed by atoms with van der Waals surface area (Å²) >= 11 is 0. The van der Waals surface area contributed by atoms with Crippen LogP contribution in [0.4, 0.5) is 0 Å². The molecule has 6 aromatic rings. The van der Waals surface area contributed by atoms with E-state index in [4.69, 9.17) is 39.3 Å². The first-order valence-corrected chi connectivity index (χ1v) is 35.1. The van der Waals surface area contributed by atoms with Gasteiger partial charge in [-0.1, -0.05) is 313 Å². The van der Waals surface area contributed by atoms with E-state index in [0.717, 1.165) is 38.5 Å². The third-order valence-electron chi connectivity index (χ3n) is 17.0. The molecule has 1 amide bonds. The maximum Gasteiger partial charge on any atom is 0.338 e. The second-order valence-electron chi connectivity index (χ2n) is 24.7. The molecule has 12 atom stereocenters. The van der Waals surface area contributed by atoms with E-state index in [1.54, 1.807) is 146 Å². The van der Waals surface area contributed by atoms with Crippen molar-refractivity contribution in [1.82, 2.24) is 5.32 Å². The quantitative estimate of drug-likeness (QED) is 0.0289. The first-order valence-electron chi connectivity index (χ1n) is 37.4. The number of rotatable bonds is 49. The molecule has 0 radical (unpaired) electrons. The van der Waals surface area contributed by atoms with Gasteiger partial charge in [-0.3, -0.25) is 4.79 Å². The van der Waals surface area contributed by atoms with Crippen molar-refractivity contribution in [3.05, 3.63) is 215 Å². The lowest BCUT2D eigenvalue weighted by atomic mass is 9.97. The minimum Gasteiger partial charge on any atom is -0.455 e. The maximum atomic E-state index is 14.7. The monoisotopic (exact) mass is 1280 g/mol. The van der Waals surface area contributed by atoms with Gasteiger partial charge in [-0.15, -0.1) is 0 Å². The normalized spacial score (nSPS) is 19.3. The molecule has 1 aliphatic heterocycles. The van der Waals surface area contributed by atoms with E-state index in [1.807, 2.05) is 36.4 Å². The topological polar surface area (TPSA) is 137 Å². The average molecular weight is 1280 g/mol. The van der Waals surface area contributed by atoms with Gasteiger partial charge in [0.05, 0.1) is 62.2 Å². The van der Waals surface area contributed by atoms with Gasteiger partial charge in [-0.05, 0) is 65.8 Å². The zero-order valence-electron chi connectivity index (χ0n) is 59.5. The smallest absolute Gasteiger partial charge is 0.338 e. The average Bonchev–Trinajstić information content (AvgIpc) is 0.784. The van der Waals surface area contributed by atoms with E-state index < -0.39 is 93.8 Å². The van der Waals surface area contributed by atoms with Gasteiger partial charge in [-0.2, -0.15) is 0 Å². The summed E-state index contributed by atoms with van der Waals surface area (Å²) in [4.78, 5) is 43.7. The Morgan fingerprint density at radius 3 is 1.23 bits per heavy atom. The van der Waals surface area contributed by atoms with E-state index in [0.29, 0.717) is 35.1 Å². The molecule has 0 aliphatic carbocycles. The number of unbranched alkanes of at least 4 members (excludes halogenated alkanes) is 22. The Labute approximate surface area is 563 Å². The number of carbonyl (C=O) groups excluding carboxylic acids is 3. The van der Waals surface area contributed by atoms with Crippen LogP contribution < -0.4 is 5.32 Å². The number of hydrogen-bond acceptors (Lipinski definition) is 11. The van der Waals surface area contributed by atoms with Crippen molar-refractivity contribution in [2.24, 2.45) is 0 Å². The van der Waals surface area contributed by atoms with Crippen molar-refractivity contribution in [2.45, 2.75) is 256 Å². The van der Waals surface area contributed by atoms with E-state index in [2.05, 4.69) is 19.2 Å². The van der Waals surface area contributed by atoms with E-state index in [-0.39, 0.29) is 36.5 Å². The van der Waals surface area contributed by atoms with Gasteiger partial charge >= 0.3 is 11.9 Å². The Balaban J connectivity index is 1.16. The van der Waals surface area contributed by atoms with Crippen LogP contribution in [0.5, 0.6) is 0 Å². The Morgan fingerprint density at radius 2 is 0.785 bits per heavy atom. The SMILES string of the molecule is [2H]C(OC[C@H]1OC(OC[C@H](NC(=O)CCCCCCCCCCCCCCCCCCCCCCC)[C@H](OC(=O)c2ccccc2)[C@@H](CCCCC)OC(=O)c2ccccc2)[C@H](OC([2H])c2ccccc2)[C@@H](OC([2H])c2ccccc2)[C@H]1OC([2H])c1ccccc1)c1ccccc1. The number of benzene rings is 6. The first kappa shape index (κ1) is 67.9. The molecule has 6 aromatic carbocycles. The van der Waals surface area contributed by atoms with Crippen LogP contribution in [0.3, 0.4) is 0 Å². The fraction of sp³-hybridized carbons (Fsp3) is 0.519. The maximum absolute atomic E-state index is 14.7. The molecule has 5 unspecified atom stereocenters. The highest BCUT2D eigenvalue weighted by atomic mass is 16.7. The highest BCUT2D eigenvalue weighted by Gasteiger charge is 2.50. The molecule has 7 rings (SSSR count). The van der Waals surface area contributed by atoms with E-state index >= 15 is 0 Å². The number of hydrogen-bond donors (Lipinski definition) is 1. The third kappa shape index (κ3) is 28.9. The highest BCUT2D eigenvalue weighted by molar-refractivity contribution is 5.90. The summed E-state index contributed by atoms with van der Waals surface area (Å²) in [6.45, 7) is -1.75. The second-order valence-corrected chi connectivity index (χ2v) is 24.7. The number of carbonyl (C=O) groups is 3. The molecule has 1 fully saturated rings. The summed E-state index contributed by atoms with van der Waals surface area (Å²) in [7, 11) is 0.